The van der Waals surface area contributed by atoms with E-state index in [0.29, 0.717) is 0 Å². The van der Waals surface area contributed by atoms with E-state index in [2.05, 4.69) is 4.99 Å². The summed E-state index contributed by atoms with van der Waals surface area (Å²) in [6.45, 7) is 0. The minimum Gasteiger partial charge on any atom is -0.270 e. The lowest BCUT2D eigenvalue weighted by Gasteiger charge is -2.24. The van der Waals surface area contributed by atoms with E-state index in [1.165, 1.54) is 6.21 Å². The van der Waals surface area contributed by atoms with Gasteiger partial charge in [-0.1, -0.05) is 34.8 Å². The SMILES string of the molecule is N#CC1N=CC(Cl)=C(Cl)C1(Cl)C#N. The third kappa shape index (κ3) is 1.51. The number of alkyl halides is 1. The van der Waals surface area contributed by atoms with E-state index in [0.717, 1.165) is 0 Å². The second kappa shape index (κ2) is 3.55. The van der Waals surface area contributed by atoms with Gasteiger partial charge >= 0.3 is 0 Å². The maximum Gasteiger partial charge on any atom is 0.203 e. The maximum atomic E-state index is 8.76. The standard InChI is InChI=1S/C7H2Cl3N3/c8-4-2-13-5(1-11)7(10,3-12)6(4)9/h2,5H. The molecule has 2 unspecified atom stereocenters. The van der Waals surface area contributed by atoms with Crippen LogP contribution in [0.15, 0.2) is 15.1 Å². The average molecular weight is 234 g/mol. The Balaban J connectivity index is 3.27. The lowest BCUT2D eigenvalue weighted by Crippen LogP contribution is -2.36. The summed E-state index contributed by atoms with van der Waals surface area (Å²) in [7, 11) is 0. The molecular formula is C7H2Cl3N3. The van der Waals surface area contributed by atoms with E-state index in [1.54, 1.807) is 12.1 Å². The Labute approximate surface area is 89.8 Å². The number of rotatable bonds is 0. The summed E-state index contributed by atoms with van der Waals surface area (Å²) >= 11 is 17.1. The second-order valence-corrected chi connectivity index (χ2v) is 3.68. The Kier molecular flexibility index (Phi) is 2.83. The van der Waals surface area contributed by atoms with Gasteiger partial charge in [0.2, 0.25) is 4.87 Å². The highest BCUT2D eigenvalue weighted by molar-refractivity contribution is 6.50. The van der Waals surface area contributed by atoms with Crippen LogP contribution in [0.5, 0.6) is 0 Å². The number of nitrogens with zero attached hydrogens (tertiary/aromatic N) is 3. The first-order valence-electron chi connectivity index (χ1n) is 3.15. The summed E-state index contributed by atoms with van der Waals surface area (Å²) in [5.74, 6) is 0. The van der Waals surface area contributed by atoms with E-state index in [1.807, 2.05) is 0 Å². The van der Waals surface area contributed by atoms with Crippen molar-refractivity contribution in [3.8, 4) is 12.1 Å². The van der Waals surface area contributed by atoms with Crippen LogP contribution in [-0.2, 0) is 0 Å². The fourth-order valence-corrected chi connectivity index (χ4v) is 1.48. The Morgan fingerprint density at radius 2 is 2.08 bits per heavy atom. The summed E-state index contributed by atoms with van der Waals surface area (Å²) in [4.78, 5) is 2.04. The van der Waals surface area contributed by atoms with Crippen LogP contribution in [0.2, 0.25) is 0 Å². The van der Waals surface area contributed by atoms with Crippen LogP contribution in [0, 0.1) is 22.7 Å². The molecule has 0 aromatic rings. The molecule has 0 amide bonds. The summed E-state index contributed by atoms with van der Waals surface area (Å²) in [5, 5.41) is 17.4. The van der Waals surface area contributed by atoms with Gasteiger partial charge in [0.05, 0.1) is 22.2 Å². The number of nitriles is 2. The number of dihydropyridines is 1. The van der Waals surface area contributed by atoms with Gasteiger partial charge < -0.3 is 0 Å². The number of halogens is 3. The molecule has 13 heavy (non-hydrogen) atoms. The van der Waals surface area contributed by atoms with Gasteiger partial charge in [-0.25, -0.2) is 0 Å². The van der Waals surface area contributed by atoms with Crippen molar-refractivity contribution in [2.45, 2.75) is 10.9 Å². The molecule has 0 aromatic heterocycles. The molecule has 1 rings (SSSR count). The Morgan fingerprint density at radius 1 is 1.46 bits per heavy atom. The minimum absolute atomic E-state index is 0.0557. The summed E-state index contributed by atoms with van der Waals surface area (Å²) in [6.07, 6.45) is 1.22. The lowest BCUT2D eigenvalue weighted by molar-refractivity contribution is 0.735. The van der Waals surface area contributed by atoms with Crippen molar-refractivity contribution in [2.75, 3.05) is 0 Å². The monoisotopic (exact) mass is 233 g/mol. The van der Waals surface area contributed by atoms with Gasteiger partial charge in [0.15, 0.2) is 6.04 Å². The van der Waals surface area contributed by atoms with E-state index >= 15 is 0 Å². The Hall–Kier alpha value is -0.740. The summed E-state index contributed by atoms with van der Waals surface area (Å²) < 4.78 is 0. The van der Waals surface area contributed by atoms with Crippen LogP contribution >= 0.6 is 34.8 Å². The molecule has 0 saturated carbocycles. The minimum atomic E-state index is -1.65. The maximum absolute atomic E-state index is 8.76. The smallest absolute Gasteiger partial charge is 0.203 e. The largest absolute Gasteiger partial charge is 0.270 e. The molecular weight excluding hydrogens is 232 g/mol. The molecule has 66 valence electrons. The Morgan fingerprint density at radius 3 is 2.54 bits per heavy atom. The van der Waals surface area contributed by atoms with Gasteiger partial charge in [-0.15, -0.1) is 0 Å². The molecule has 6 heteroatoms. The highest BCUT2D eigenvalue weighted by Crippen LogP contribution is 2.38. The lowest BCUT2D eigenvalue weighted by atomic mass is 9.99. The summed E-state index contributed by atoms with van der Waals surface area (Å²) in [6, 6.07) is 2.46. The third-order valence-electron chi connectivity index (χ3n) is 1.53. The first-order valence-corrected chi connectivity index (χ1v) is 4.28. The van der Waals surface area contributed by atoms with Crippen molar-refractivity contribution in [3.05, 3.63) is 10.1 Å². The zero-order valence-corrected chi connectivity index (χ0v) is 8.40. The van der Waals surface area contributed by atoms with Crippen molar-refractivity contribution in [1.29, 1.82) is 10.5 Å². The topological polar surface area (TPSA) is 59.9 Å². The highest BCUT2D eigenvalue weighted by Gasteiger charge is 2.44. The van der Waals surface area contributed by atoms with E-state index in [9.17, 15) is 0 Å². The van der Waals surface area contributed by atoms with Gasteiger partial charge in [0.1, 0.15) is 0 Å². The molecule has 0 saturated heterocycles. The van der Waals surface area contributed by atoms with Crippen LogP contribution in [0.1, 0.15) is 0 Å². The van der Waals surface area contributed by atoms with E-state index in [-0.39, 0.29) is 10.1 Å². The first kappa shape index (κ1) is 10.3. The van der Waals surface area contributed by atoms with Crippen molar-refractivity contribution in [2.24, 2.45) is 4.99 Å². The molecule has 0 spiro atoms. The second-order valence-electron chi connectivity index (χ2n) is 2.30. The van der Waals surface area contributed by atoms with Crippen molar-refractivity contribution < 1.29 is 0 Å². The molecule has 0 N–H and O–H groups in total. The quantitative estimate of drug-likeness (QED) is 0.603. The first-order chi connectivity index (χ1) is 6.06. The number of hydrogen-bond acceptors (Lipinski definition) is 3. The Bertz CT molecular complexity index is 373. The van der Waals surface area contributed by atoms with Gasteiger partial charge in [0.25, 0.3) is 0 Å². The molecule has 0 aliphatic carbocycles. The zero-order valence-electron chi connectivity index (χ0n) is 6.13. The fraction of sp³-hybridized carbons (Fsp3) is 0.286. The van der Waals surface area contributed by atoms with Gasteiger partial charge in [-0.05, 0) is 0 Å². The van der Waals surface area contributed by atoms with E-state index < -0.39 is 10.9 Å². The third-order valence-corrected chi connectivity index (χ3v) is 2.99. The van der Waals surface area contributed by atoms with Gasteiger partial charge in [-0.2, -0.15) is 10.5 Å². The predicted octanol–water partition coefficient (Wildman–Crippen LogP) is 2.15. The van der Waals surface area contributed by atoms with Crippen molar-refractivity contribution >= 4 is 41.0 Å². The normalized spacial score (nSPS) is 32.5. The molecule has 0 radical (unpaired) electrons. The fourth-order valence-electron chi connectivity index (χ4n) is 0.826. The molecule has 0 aromatic carbocycles. The average Bonchev–Trinajstić information content (AvgIpc) is 2.15. The molecule has 0 fully saturated rings. The van der Waals surface area contributed by atoms with Crippen LogP contribution in [0.25, 0.3) is 0 Å². The molecule has 0 bridgehead atoms. The molecule has 3 nitrogen and oxygen atoms in total. The van der Waals surface area contributed by atoms with Crippen LogP contribution < -0.4 is 0 Å². The molecule has 2 atom stereocenters. The molecule has 1 aliphatic rings. The number of hydrogen-bond donors (Lipinski definition) is 0. The van der Waals surface area contributed by atoms with Crippen molar-refractivity contribution in [1.82, 2.24) is 0 Å². The predicted molar refractivity (Wildman–Crippen MR) is 50.8 cm³/mol. The molecule has 1 aliphatic heterocycles. The number of aliphatic imine (C=N–C) groups is 1. The van der Waals surface area contributed by atoms with Crippen LogP contribution in [0.4, 0.5) is 0 Å². The van der Waals surface area contributed by atoms with Crippen LogP contribution in [0.3, 0.4) is 0 Å². The zero-order chi connectivity index (χ0) is 10.1. The van der Waals surface area contributed by atoms with Gasteiger partial charge in [-0.3, -0.25) is 4.99 Å². The molecule has 1 heterocycles. The van der Waals surface area contributed by atoms with Crippen molar-refractivity contribution in [3.63, 3.8) is 0 Å². The van der Waals surface area contributed by atoms with Gasteiger partial charge in [0, 0.05) is 6.21 Å². The summed E-state index contributed by atoms with van der Waals surface area (Å²) in [5.41, 5.74) is 0. The highest BCUT2D eigenvalue weighted by atomic mass is 35.5. The van der Waals surface area contributed by atoms with Crippen LogP contribution in [-0.4, -0.2) is 17.1 Å². The number of allylic oxidation sites excluding steroid dienone is 1. The van der Waals surface area contributed by atoms with E-state index in [4.69, 9.17) is 45.3 Å².